The van der Waals surface area contributed by atoms with Crippen LogP contribution in [-0.4, -0.2) is 22.8 Å². The SMILES string of the molecule is COc1ccc(C2=C(C)Cc3c(-c4ccccc4)c(-c4ccccc4)nn3C2=O)cc1. The molecule has 5 rings (SSSR count). The Kier molecular flexibility index (Phi) is 4.75. The van der Waals surface area contributed by atoms with E-state index in [1.807, 2.05) is 79.7 Å². The second-order valence-electron chi connectivity index (χ2n) is 7.68. The van der Waals surface area contributed by atoms with Crippen molar-refractivity contribution in [3.63, 3.8) is 0 Å². The lowest BCUT2D eigenvalue weighted by atomic mass is 9.90. The molecule has 1 aliphatic rings. The fourth-order valence-corrected chi connectivity index (χ4v) is 4.25. The standard InChI is InChI=1S/C27H22N2O2/c1-18-17-23-25(19-9-5-3-6-10-19)26(21-11-7-4-8-12-21)28-29(23)27(30)24(18)20-13-15-22(31-2)16-14-20/h3-16H,17H2,1-2H3. The molecule has 0 bridgehead atoms. The van der Waals surface area contributed by atoms with Crippen LogP contribution in [0.3, 0.4) is 0 Å². The predicted molar refractivity (Wildman–Crippen MR) is 123 cm³/mol. The van der Waals surface area contributed by atoms with Gasteiger partial charge >= 0.3 is 0 Å². The van der Waals surface area contributed by atoms with Crippen LogP contribution in [0.25, 0.3) is 28.0 Å². The van der Waals surface area contributed by atoms with Gasteiger partial charge in [0, 0.05) is 23.1 Å². The molecule has 2 heterocycles. The monoisotopic (exact) mass is 406 g/mol. The Bertz CT molecular complexity index is 1280. The Hall–Kier alpha value is -3.92. The van der Waals surface area contributed by atoms with Crippen molar-refractivity contribution in [2.45, 2.75) is 13.3 Å². The van der Waals surface area contributed by atoms with Gasteiger partial charge < -0.3 is 4.74 Å². The minimum atomic E-state index is -0.0942. The van der Waals surface area contributed by atoms with Crippen molar-refractivity contribution in [3.8, 4) is 28.1 Å². The number of aromatic nitrogens is 2. The summed E-state index contributed by atoms with van der Waals surface area (Å²) in [6.07, 6.45) is 0.664. The van der Waals surface area contributed by atoms with Crippen LogP contribution in [0, 0.1) is 0 Å². The number of allylic oxidation sites excluding steroid dienone is 2. The van der Waals surface area contributed by atoms with Crippen molar-refractivity contribution >= 4 is 11.5 Å². The third-order valence-corrected chi connectivity index (χ3v) is 5.74. The van der Waals surface area contributed by atoms with Gasteiger partial charge in [0.05, 0.1) is 12.8 Å². The average molecular weight is 406 g/mol. The van der Waals surface area contributed by atoms with E-state index in [1.54, 1.807) is 11.8 Å². The van der Waals surface area contributed by atoms with Gasteiger partial charge in [-0.05, 0) is 30.2 Å². The lowest BCUT2D eigenvalue weighted by Gasteiger charge is -2.20. The lowest BCUT2D eigenvalue weighted by Crippen LogP contribution is -2.23. The molecule has 0 atom stereocenters. The fraction of sp³-hybridized carbons (Fsp3) is 0.111. The zero-order valence-electron chi connectivity index (χ0n) is 17.5. The fourth-order valence-electron chi connectivity index (χ4n) is 4.25. The molecule has 0 unspecified atom stereocenters. The number of methoxy groups -OCH3 is 1. The molecule has 0 radical (unpaired) electrons. The molecule has 0 fully saturated rings. The zero-order valence-corrected chi connectivity index (χ0v) is 17.5. The summed E-state index contributed by atoms with van der Waals surface area (Å²) in [5.74, 6) is 0.672. The van der Waals surface area contributed by atoms with Crippen LogP contribution < -0.4 is 4.74 Å². The molecule has 31 heavy (non-hydrogen) atoms. The quantitative estimate of drug-likeness (QED) is 0.424. The van der Waals surface area contributed by atoms with E-state index < -0.39 is 0 Å². The van der Waals surface area contributed by atoms with E-state index in [4.69, 9.17) is 9.84 Å². The van der Waals surface area contributed by atoms with Gasteiger partial charge in [0.1, 0.15) is 11.4 Å². The molecule has 0 N–H and O–H groups in total. The highest BCUT2D eigenvalue weighted by Crippen LogP contribution is 2.39. The molecule has 0 saturated heterocycles. The van der Waals surface area contributed by atoms with Crippen LogP contribution >= 0.6 is 0 Å². The molecule has 152 valence electrons. The summed E-state index contributed by atoms with van der Waals surface area (Å²) in [5.41, 5.74) is 7.48. The van der Waals surface area contributed by atoms with Gasteiger partial charge in [-0.1, -0.05) is 78.4 Å². The largest absolute Gasteiger partial charge is 0.497 e. The molecule has 4 heteroatoms. The van der Waals surface area contributed by atoms with Crippen molar-refractivity contribution in [2.75, 3.05) is 7.11 Å². The Morgan fingerprint density at radius 3 is 2.03 bits per heavy atom. The first-order valence-corrected chi connectivity index (χ1v) is 10.3. The van der Waals surface area contributed by atoms with Crippen LogP contribution in [0.4, 0.5) is 0 Å². The third-order valence-electron chi connectivity index (χ3n) is 5.74. The lowest BCUT2D eigenvalue weighted by molar-refractivity contribution is 0.0958. The van der Waals surface area contributed by atoms with E-state index in [0.717, 1.165) is 45.0 Å². The van der Waals surface area contributed by atoms with Gasteiger partial charge in [-0.3, -0.25) is 4.79 Å². The van der Waals surface area contributed by atoms with Crippen LogP contribution in [0.15, 0.2) is 90.5 Å². The topological polar surface area (TPSA) is 44.1 Å². The van der Waals surface area contributed by atoms with E-state index >= 15 is 0 Å². The number of rotatable bonds is 4. The van der Waals surface area contributed by atoms with Crippen LogP contribution in [0.2, 0.25) is 0 Å². The maximum absolute atomic E-state index is 13.6. The summed E-state index contributed by atoms with van der Waals surface area (Å²) in [7, 11) is 1.64. The van der Waals surface area contributed by atoms with Crippen molar-refractivity contribution in [3.05, 3.63) is 102 Å². The maximum Gasteiger partial charge on any atom is 0.279 e. The Morgan fingerprint density at radius 1 is 0.806 bits per heavy atom. The molecule has 3 aromatic carbocycles. The van der Waals surface area contributed by atoms with Gasteiger partial charge in [0.25, 0.3) is 5.91 Å². The van der Waals surface area contributed by atoms with E-state index in [9.17, 15) is 4.79 Å². The van der Waals surface area contributed by atoms with E-state index in [1.165, 1.54) is 0 Å². The zero-order chi connectivity index (χ0) is 21.4. The van der Waals surface area contributed by atoms with Crippen LogP contribution in [-0.2, 0) is 6.42 Å². The number of carbonyl (C=O) groups excluding carboxylic acids is 1. The van der Waals surface area contributed by atoms with Gasteiger partial charge in [-0.25, -0.2) is 0 Å². The molecule has 1 aliphatic heterocycles. The van der Waals surface area contributed by atoms with Gasteiger partial charge in [0.15, 0.2) is 0 Å². The number of benzene rings is 3. The van der Waals surface area contributed by atoms with E-state index in [-0.39, 0.29) is 5.91 Å². The smallest absolute Gasteiger partial charge is 0.279 e. The molecule has 0 amide bonds. The molecule has 4 aromatic rings. The highest BCUT2D eigenvalue weighted by atomic mass is 16.5. The Balaban J connectivity index is 1.69. The molecule has 0 saturated carbocycles. The second kappa shape index (κ2) is 7.73. The Morgan fingerprint density at radius 2 is 1.42 bits per heavy atom. The number of carbonyl (C=O) groups is 1. The number of hydrogen-bond acceptors (Lipinski definition) is 3. The Labute approximate surface area is 181 Å². The summed E-state index contributed by atoms with van der Waals surface area (Å²) in [4.78, 5) is 13.6. The molecular formula is C27H22N2O2. The van der Waals surface area contributed by atoms with Crippen LogP contribution in [0.1, 0.15) is 23.0 Å². The van der Waals surface area contributed by atoms with Crippen molar-refractivity contribution in [1.82, 2.24) is 9.78 Å². The van der Waals surface area contributed by atoms with Gasteiger partial charge in [-0.15, -0.1) is 0 Å². The van der Waals surface area contributed by atoms with Crippen LogP contribution in [0.5, 0.6) is 5.75 Å². The first-order chi connectivity index (χ1) is 15.2. The highest BCUT2D eigenvalue weighted by Gasteiger charge is 2.31. The van der Waals surface area contributed by atoms with Crippen molar-refractivity contribution in [1.29, 1.82) is 0 Å². The first kappa shape index (κ1) is 19.1. The normalized spacial score (nSPS) is 13.3. The van der Waals surface area contributed by atoms with Crippen molar-refractivity contribution in [2.24, 2.45) is 0 Å². The highest BCUT2D eigenvalue weighted by molar-refractivity contribution is 6.22. The first-order valence-electron chi connectivity index (χ1n) is 10.3. The molecule has 1 aromatic heterocycles. The number of nitrogens with zero attached hydrogens (tertiary/aromatic N) is 2. The summed E-state index contributed by atoms with van der Waals surface area (Å²) in [6, 6.07) is 27.9. The van der Waals surface area contributed by atoms with E-state index in [2.05, 4.69) is 12.1 Å². The number of ether oxygens (including phenoxy) is 1. The van der Waals surface area contributed by atoms with Gasteiger partial charge in [0.2, 0.25) is 0 Å². The minimum absolute atomic E-state index is 0.0942. The number of hydrogen-bond donors (Lipinski definition) is 0. The average Bonchev–Trinajstić information content (AvgIpc) is 3.20. The van der Waals surface area contributed by atoms with Gasteiger partial charge in [-0.2, -0.15) is 9.78 Å². The molecule has 4 nitrogen and oxygen atoms in total. The summed E-state index contributed by atoms with van der Waals surface area (Å²) in [6.45, 7) is 2.03. The number of fused-ring (bicyclic) bond motifs is 1. The molecular weight excluding hydrogens is 384 g/mol. The molecule has 0 aliphatic carbocycles. The minimum Gasteiger partial charge on any atom is -0.497 e. The van der Waals surface area contributed by atoms with Crippen molar-refractivity contribution < 1.29 is 9.53 Å². The third kappa shape index (κ3) is 3.26. The second-order valence-corrected chi connectivity index (χ2v) is 7.68. The summed E-state index contributed by atoms with van der Waals surface area (Å²) >= 11 is 0. The summed E-state index contributed by atoms with van der Waals surface area (Å²) < 4.78 is 6.86. The van der Waals surface area contributed by atoms with E-state index in [0.29, 0.717) is 12.0 Å². The molecule has 0 spiro atoms. The predicted octanol–water partition coefficient (Wildman–Crippen LogP) is 5.90. The summed E-state index contributed by atoms with van der Waals surface area (Å²) in [5, 5.41) is 4.83. The maximum atomic E-state index is 13.6.